The highest BCUT2D eigenvalue weighted by atomic mass is 35.5. The van der Waals surface area contributed by atoms with E-state index in [0.717, 1.165) is 19.4 Å². The van der Waals surface area contributed by atoms with Crippen LogP contribution in [0.5, 0.6) is 0 Å². The molecule has 1 aromatic heterocycles. The van der Waals surface area contributed by atoms with E-state index in [4.69, 9.17) is 11.6 Å². The van der Waals surface area contributed by atoms with Gasteiger partial charge >= 0.3 is 0 Å². The van der Waals surface area contributed by atoms with Crippen molar-refractivity contribution in [3.63, 3.8) is 0 Å². The third-order valence-corrected chi connectivity index (χ3v) is 5.54. The quantitative estimate of drug-likeness (QED) is 0.919. The Labute approximate surface area is 119 Å². The fourth-order valence-electron chi connectivity index (χ4n) is 2.24. The third-order valence-electron chi connectivity index (χ3n) is 3.55. The normalized spacial score (nSPS) is 25.4. The lowest BCUT2D eigenvalue weighted by molar-refractivity contribution is 0.178. The minimum Gasteiger partial charge on any atom is -0.304 e. The molecule has 1 fully saturated rings. The minimum absolute atomic E-state index is 0.0447. The van der Waals surface area contributed by atoms with E-state index in [1.165, 1.54) is 18.5 Å². The molecule has 106 valence electrons. The van der Waals surface area contributed by atoms with Crippen molar-refractivity contribution in [1.82, 2.24) is 14.6 Å². The van der Waals surface area contributed by atoms with E-state index in [9.17, 15) is 8.42 Å². The molecule has 2 heterocycles. The number of rotatable bonds is 3. The molecule has 2 atom stereocenters. The summed E-state index contributed by atoms with van der Waals surface area (Å²) < 4.78 is 27.2. The van der Waals surface area contributed by atoms with Crippen molar-refractivity contribution in [3.05, 3.63) is 23.5 Å². The molecule has 0 amide bonds. The number of sulfonamides is 1. The molecule has 1 aromatic rings. The summed E-state index contributed by atoms with van der Waals surface area (Å²) in [6.45, 7) is 2.98. The van der Waals surface area contributed by atoms with Crippen LogP contribution in [-0.2, 0) is 10.0 Å². The van der Waals surface area contributed by atoms with Crippen LogP contribution in [0.4, 0.5) is 0 Å². The van der Waals surface area contributed by atoms with Crippen LogP contribution in [0, 0.1) is 0 Å². The maximum Gasteiger partial charge on any atom is 0.243 e. The van der Waals surface area contributed by atoms with Crippen molar-refractivity contribution >= 4 is 21.6 Å². The Morgan fingerprint density at radius 3 is 2.89 bits per heavy atom. The predicted octanol–water partition coefficient (Wildman–Crippen LogP) is 1.50. The summed E-state index contributed by atoms with van der Waals surface area (Å²) in [6, 6.07) is 1.80. The van der Waals surface area contributed by atoms with Crippen LogP contribution in [-0.4, -0.2) is 44.0 Å². The van der Waals surface area contributed by atoms with Crippen LogP contribution >= 0.6 is 11.6 Å². The summed E-state index contributed by atoms with van der Waals surface area (Å²) in [5.41, 5.74) is 0. The van der Waals surface area contributed by atoms with Crippen molar-refractivity contribution < 1.29 is 8.42 Å². The van der Waals surface area contributed by atoms with Gasteiger partial charge in [-0.3, -0.25) is 4.98 Å². The fraction of sp³-hybridized carbons (Fsp3) is 0.583. The van der Waals surface area contributed by atoms with Gasteiger partial charge in [0, 0.05) is 24.5 Å². The number of aromatic nitrogens is 1. The highest BCUT2D eigenvalue weighted by Gasteiger charge is 2.28. The average Bonchev–Trinajstić information content (AvgIpc) is 2.34. The van der Waals surface area contributed by atoms with Crippen molar-refractivity contribution in [1.29, 1.82) is 0 Å². The van der Waals surface area contributed by atoms with Crippen LogP contribution in [0.1, 0.15) is 19.8 Å². The lowest BCUT2D eigenvalue weighted by Gasteiger charge is -2.35. The number of nitrogens with zero attached hydrogens (tertiary/aromatic N) is 2. The zero-order chi connectivity index (χ0) is 14.0. The molecule has 0 aliphatic carbocycles. The molecule has 1 N–H and O–H groups in total. The molecule has 1 aliphatic heterocycles. The van der Waals surface area contributed by atoms with Gasteiger partial charge < -0.3 is 4.90 Å². The molecule has 5 nitrogen and oxygen atoms in total. The van der Waals surface area contributed by atoms with Gasteiger partial charge in [-0.25, -0.2) is 13.1 Å². The highest BCUT2D eigenvalue weighted by Crippen LogP contribution is 2.22. The maximum atomic E-state index is 12.3. The number of hydrogen-bond donors (Lipinski definition) is 1. The van der Waals surface area contributed by atoms with E-state index in [2.05, 4.69) is 21.5 Å². The molecule has 0 spiro atoms. The molecule has 0 saturated carbocycles. The Morgan fingerprint density at radius 1 is 1.53 bits per heavy atom. The molecule has 0 bridgehead atoms. The van der Waals surface area contributed by atoms with Gasteiger partial charge in [0.15, 0.2) is 0 Å². The summed E-state index contributed by atoms with van der Waals surface area (Å²) in [7, 11) is -1.55. The highest BCUT2D eigenvalue weighted by molar-refractivity contribution is 7.89. The number of pyridine rings is 1. The molecule has 7 heteroatoms. The number of halogens is 1. The standard InChI is InChI=1S/C12H18ClN3O2S/c1-9-7-10(4-6-16(9)2)15-19(17,18)12-8-14-5-3-11(12)13/h3,5,8-10,15H,4,6-7H2,1-2H3. The number of likely N-dealkylation sites (tertiary alicyclic amines) is 1. The fourth-order valence-corrected chi connectivity index (χ4v) is 3.95. The van der Waals surface area contributed by atoms with Crippen LogP contribution in [0.3, 0.4) is 0 Å². The summed E-state index contributed by atoms with van der Waals surface area (Å²) >= 11 is 5.91. The summed E-state index contributed by atoms with van der Waals surface area (Å²) in [4.78, 5) is 6.09. The zero-order valence-corrected chi connectivity index (χ0v) is 12.6. The van der Waals surface area contributed by atoms with Gasteiger partial charge in [0.05, 0.1) is 5.02 Å². The molecule has 2 unspecified atom stereocenters. The van der Waals surface area contributed by atoms with Crippen molar-refractivity contribution in [2.24, 2.45) is 0 Å². The van der Waals surface area contributed by atoms with E-state index in [1.54, 1.807) is 0 Å². The zero-order valence-electron chi connectivity index (χ0n) is 11.0. The first-order valence-electron chi connectivity index (χ1n) is 6.22. The molecule has 1 aliphatic rings. The smallest absolute Gasteiger partial charge is 0.243 e. The number of nitrogens with one attached hydrogen (secondary N) is 1. The lowest BCUT2D eigenvalue weighted by atomic mass is 10.0. The van der Waals surface area contributed by atoms with Gasteiger partial charge in [-0.1, -0.05) is 11.6 Å². The second-order valence-electron chi connectivity index (χ2n) is 4.98. The average molecular weight is 304 g/mol. The Morgan fingerprint density at radius 2 is 2.26 bits per heavy atom. The van der Waals surface area contributed by atoms with Gasteiger partial charge in [-0.05, 0) is 39.4 Å². The second kappa shape index (κ2) is 5.75. The first kappa shape index (κ1) is 14.7. The first-order valence-corrected chi connectivity index (χ1v) is 8.08. The number of piperidine rings is 1. The molecule has 0 radical (unpaired) electrons. The largest absolute Gasteiger partial charge is 0.304 e. The van der Waals surface area contributed by atoms with Crippen LogP contribution < -0.4 is 4.72 Å². The van der Waals surface area contributed by atoms with Gasteiger partial charge in [-0.15, -0.1) is 0 Å². The second-order valence-corrected chi connectivity index (χ2v) is 7.07. The molecular formula is C12H18ClN3O2S. The van der Waals surface area contributed by atoms with E-state index < -0.39 is 10.0 Å². The van der Waals surface area contributed by atoms with E-state index in [0.29, 0.717) is 6.04 Å². The SMILES string of the molecule is CC1CC(NS(=O)(=O)c2cnccc2Cl)CCN1C. The third kappa shape index (κ3) is 3.45. The molecule has 0 aromatic carbocycles. The summed E-state index contributed by atoms with van der Waals surface area (Å²) in [5, 5.41) is 0.198. The molecule has 1 saturated heterocycles. The molecule has 2 rings (SSSR count). The van der Waals surface area contributed by atoms with Gasteiger partial charge in [0.2, 0.25) is 10.0 Å². The van der Waals surface area contributed by atoms with Crippen molar-refractivity contribution in [2.45, 2.75) is 36.7 Å². The lowest BCUT2D eigenvalue weighted by Crippen LogP contribution is -2.47. The Bertz CT molecular complexity index is 550. The Balaban J connectivity index is 2.12. The Hall–Kier alpha value is -0.690. The van der Waals surface area contributed by atoms with E-state index in [-0.39, 0.29) is 16.0 Å². The van der Waals surface area contributed by atoms with Crippen LogP contribution in [0.2, 0.25) is 5.02 Å². The van der Waals surface area contributed by atoms with Gasteiger partial charge in [-0.2, -0.15) is 0 Å². The maximum absolute atomic E-state index is 12.3. The van der Waals surface area contributed by atoms with Crippen molar-refractivity contribution in [3.8, 4) is 0 Å². The van der Waals surface area contributed by atoms with E-state index >= 15 is 0 Å². The van der Waals surface area contributed by atoms with Crippen LogP contribution in [0.15, 0.2) is 23.4 Å². The topological polar surface area (TPSA) is 62.3 Å². The molecular weight excluding hydrogens is 286 g/mol. The first-order chi connectivity index (χ1) is 8.90. The minimum atomic E-state index is -3.59. The van der Waals surface area contributed by atoms with E-state index in [1.807, 2.05) is 7.05 Å². The monoisotopic (exact) mass is 303 g/mol. The van der Waals surface area contributed by atoms with Gasteiger partial charge in [0.25, 0.3) is 0 Å². The summed E-state index contributed by atoms with van der Waals surface area (Å²) in [5.74, 6) is 0. The van der Waals surface area contributed by atoms with Crippen molar-refractivity contribution in [2.75, 3.05) is 13.6 Å². The molecule has 19 heavy (non-hydrogen) atoms. The van der Waals surface area contributed by atoms with Gasteiger partial charge in [0.1, 0.15) is 4.90 Å². The predicted molar refractivity (Wildman–Crippen MR) is 74.7 cm³/mol. The Kier molecular flexibility index (Phi) is 4.45. The summed E-state index contributed by atoms with van der Waals surface area (Å²) in [6.07, 6.45) is 4.35. The number of hydrogen-bond acceptors (Lipinski definition) is 4. The van der Waals surface area contributed by atoms with Crippen LogP contribution in [0.25, 0.3) is 0 Å².